The van der Waals surface area contributed by atoms with Crippen LogP contribution in [0.2, 0.25) is 0 Å². The van der Waals surface area contributed by atoms with Gasteiger partial charge in [-0.1, -0.05) is 12.2 Å². The lowest BCUT2D eigenvalue weighted by atomic mass is 9.98. The van der Waals surface area contributed by atoms with Crippen molar-refractivity contribution in [3.8, 4) is 0 Å². The molecule has 0 N–H and O–H groups in total. The summed E-state index contributed by atoms with van der Waals surface area (Å²) in [6.07, 6.45) is 2.58. The minimum atomic E-state index is -0.848. The van der Waals surface area contributed by atoms with Crippen molar-refractivity contribution in [3.05, 3.63) is 68.6 Å². The second-order valence-corrected chi connectivity index (χ2v) is 6.76. The van der Waals surface area contributed by atoms with Gasteiger partial charge in [0, 0.05) is 11.1 Å². The SMILES string of the molecule is COC(=O)C1=C(OC)C(OC)=C(C(=O)OC)C1=CC=C1C(C(=O)OC)=C(OC)C(OC)=C1C(=O)OC. The monoisotopic (exact) mass is 506 g/mol. The summed E-state index contributed by atoms with van der Waals surface area (Å²) < 4.78 is 40.7. The Bertz CT molecular complexity index is 997. The summed E-state index contributed by atoms with van der Waals surface area (Å²) in [7, 11) is 9.67. The van der Waals surface area contributed by atoms with E-state index >= 15 is 0 Å². The molecule has 0 spiro atoms. The van der Waals surface area contributed by atoms with E-state index < -0.39 is 23.9 Å². The van der Waals surface area contributed by atoms with Gasteiger partial charge in [-0.15, -0.1) is 0 Å². The molecule has 194 valence electrons. The molecule has 0 aliphatic heterocycles. The molecule has 36 heavy (non-hydrogen) atoms. The van der Waals surface area contributed by atoms with Gasteiger partial charge in [-0.05, 0) is 0 Å². The molecule has 0 heterocycles. The van der Waals surface area contributed by atoms with Crippen LogP contribution in [0, 0.1) is 0 Å². The number of hydrogen-bond acceptors (Lipinski definition) is 12. The van der Waals surface area contributed by atoms with E-state index in [1.165, 1.54) is 40.6 Å². The Morgan fingerprint density at radius 2 is 0.611 bits per heavy atom. The maximum Gasteiger partial charge on any atom is 0.342 e. The molecule has 0 unspecified atom stereocenters. The first kappa shape index (κ1) is 27.8. The Morgan fingerprint density at radius 3 is 0.750 bits per heavy atom. The van der Waals surface area contributed by atoms with Gasteiger partial charge in [0.2, 0.25) is 0 Å². The number of ether oxygens (including phenoxy) is 8. The Hall–Kier alpha value is -4.48. The molecule has 12 nitrogen and oxygen atoms in total. The topological polar surface area (TPSA) is 142 Å². The van der Waals surface area contributed by atoms with Crippen LogP contribution in [-0.2, 0) is 57.1 Å². The molecule has 0 aromatic carbocycles. The van der Waals surface area contributed by atoms with Gasteiger partial charge in [0.1, 0.15) is 22.3 Å². The molecule has 0 saturated heterocycles. The molecule has 0 aromatic rings. The number of carbonyl (C=O) groups excluding carboxylic acids is 4. The fourth-order valence-electron chi connectivity index (χ4n) is 3.69. The normalized spacial score (nSPS) is 15.1. The molecule has 0 fully saturated rings. The molecule has 2 aliphatic rings. The zero-order valence-corrected chi connectivity index (χ0v) is 21.1. The zero-order chi connectivity index (χ0) is 27.2. The summed E-state index contributed by atoms with van der Waals surface area (Å²) >= 11 is 0. The molecular formula is C24H26O12. The maximum atomic E-state index is 12.7. The number of hydrogen-bond donors (Lipinski definition) is 0. The standard InChI is InChI=1S/C24H26O12/c1-29-17-13(21(25)33-5)11(14(18(17)30-2)22(26)34-6)9-10-12-15(23(27)35-7)19(31-3)20(32-4)16(12)24(28)36-8/h9-10H,1-8H3. The van der Waals surface area contributed by atoms with Crippen molar-refractivity contribution in [3.63, 3.8) is 0 Å². The Kier molecular flexibility index (Phi) is 9.08. The van der Waals surface area contributed by atoms with E-state index in [2.05, 4.69) is 0 Å². The van der Waals surface area contributed by atoms with Gasteiger partial charge in [0.25, 0.3) is 0 Å². The predicted molar refractivity (Wildman–Crippen MR) is 120 cm³/mol. The number of carbonyl (C=O) groups is 4. The zero-order valence-electron chi connectivity index (χ0n) is 21.1. The summed E-state index contributed by atoms with van der Waals surface area (Å²) in [5.74, 6) is -3.71. The largest absolute Gasteiger partial charge is 0.492 e. The molecule has 0 aromatic heterocycles. The number of methoxy groups -OCH3 is 8. The summed E-state index contributed by atoms with van der Waals surface area (Å²) in [4.78, 5) is 50.7. The Labute approximate surface area is 207 Å². The number of rotatable bonds is 9. The van der Waals surface area contributed by atoms with Gasteiger partial charge in [0.15, 0.2) is 23.0 Å². The van der Waals surface area contributed by atoms with Crippen LogP contribution in [0.1, 0.15) is 0 Å². The van der Waals surface area contributed by atoms with Gasteiger partial charge < -0.3 is 37.9 Å². The van der Waals surface area contributed by atoms with E-state index in [9.17, 15) is 19.2 Å². The number of allylic oxidation sites excluding steroid dienone is 2. The highest BCUT2D eigenvalue weighted by Crippen LogP contribution is 2.42. The van der Waals surface area contributed by atoms with Crippen LogP contribution in [0.25, 0.3) is 0 Å². The lowest BCUT2D eigenvalue weighted by Crippen LogP contribution is -2.13. The maximum absolute atomic E-state index is 12.7. The average molecular weight is 506 g/mol. The van der Waals surface area contributed by atoms with Gasteiger partial charge >= 0.3 is 23.9 Å². The van der Waals surface area contributed by atoms with Crippen molar-refractivity contribution in [1.29, 1.82) is 0 Å². The van der Waals surface area contributed by atoms with Gasteiger partial charge in [-0.3, -0.25) is 0 Å². The van der Waals surface area contributed by atoms with E-state index in [0.29, 0.717) is 0 Å². The quantitative estimate of drug-likeness (QED) is 0.327. The van der Waals surface area contributed by atoms with Crippen molar-refractivity contribution >= 4 is 23.9 Å². The summed E-state index contributed by atoms with van der Waals surface area (Å²) in [5, 5.41) is 0. The molecule has 0 bridgehead atoms. The Morgan fingerprint density at radius 1 is 0.417 bits per heavy atom. The van der Waals surface area contributed by atoms with Crippen molar-refractivity contribution < 1.29 is 57.1 Å². The van der Waals surface area contributed by atoms with E-state index in [1.54, 1.807) is 0 Å². The summed E-state index contributed by atoms with van der Waals surface area (Å²) in [5.41, 5.74) is -0.658. The van der Waals surface area contributed by atoms with E-state index in [4.69, 9.17) is 37.9 Å². The van der Waals surface area contributed by atoms with E-state index in [1.807, 2.05) is 0 Å². The van der Waals surface area contributed by atoms with E-state index in [-0.39, 0.29) is 56.5 Å². The molecule has 0 atom stereocenters. The second kappa shape index (κ2) is 11.8. The van der Waals surface area contributed by atoms with Crippen molar-refractivity contribution in [2.75, 3.05) is 56.9 Å². The molecule has 0 saturated carbocycles. The predicted octanol–water partition coefficient (Wildman–Crippen LogP) is 1.16. The lowest BCUT2D eigenvalue weighted by Gasteiger charge is -2.09. The fraction of sp³-hybridized carbons (Fsp3) is 0.333. The number of esters is 4. The van der Waals surface area contributed by atoms with Gasteiger partial charge in [-0.25, -0.2) is 19.2 Å². The van der Waals surface area contributed by atoms with Crippen molar-refractivity contribution in [2.24, 2.45) is 0 Å². The average Bonchev–Trinajstić information content (AvgIpc) is 3.41. The summed E-state index contributed by atoms with van der Waals surface area (Å²) in [6, 6.07) is 0. The van der Waals surface area contributed by atoms with Crippen LogP contribution in [0.15, 0.2) is 68.6 Å². The van der Waals surface area contributed by atoms with E-state index in [0.717, 1.165) is 28.4 Å². The highest BCUT2D eigenvalue weighted by molar-refractivity contribution is 6.09. The highest BCUT2D eigenvalue weighted by Gasteiger charge is 2.42. The van der Waals surface area contributed by atoms with Gasteiger partial charge in [0.05, 0.1) is 56.9 Å². The van der Waals surface area contributed by atoms with Crippen LogP contribution in [-0.4, -0.2) is 80.8 Å². The minimum Gasteiger partial charge on any atom is -0.492 e. The highest BCUT2D eigenvalue weighted by atomic mass is 16.6. The first-order valence-corrected chi connectivity index (χ1v) is 10.1. The van der Waals surface area contributed by atoms with Crippen LogP contribution >= 0.6 is 0 Å². The van der Waals surface area contributed by atoms with Crippen LogP contribution in [0.5, 0.6) is 0 Å². The summed E-state index contributed by atoms with van der Waals surface area (Å²) in [6.45, 7) is 0. The first-order valence-electron chi connectivity index (χ1n) is 10.1. The third-order valence-corrected chi connectivity index (χ3v) is 5.19. The van der Waals surface area contributed by atoms with Crippen LogP contribution < -0.4 is 0 Å². The minimum absolute atomic E-state index is 0.0202. The molecule has 0 radical (unpaired) electrons. The molecule has 2 rings (SSSR count). The van der Waals surface area contributed by atoms with Gasteiger partial charge in [-0.2, -0.15) is 0 Å². The fourth-order valence-corrected chi connectivity index (χ4v) is 3.69. The second-order valence-electron chi connectivity index (χ2n) is 6.76. The molecule has 2 aliphatic carbocycles. The van der Waals surface area contributed by atoms with Crippen molar-refractivity contribution in [2.45, 2.75) is 0 Å². The molecule has 12 heteroatoms. The van der Waals surface area contributed by atoms with Crippen molar-refractivity contribution in [1.82, 2.24) is 0 Å². The third-order valence-electron chi connectivity index (χ3n) is 5.19. The Balaban J connectivity index is 2.98. The molecule has 0 amide bonds. The lowest BCUT2D eigenvalue weighted by molar-refractivity contribution is -0.137. The van der Waals surface area contributed by atoms with Crippen LogP contribution in [0.3, 0.4) is 0 Å². The first-order chi connectivity index (χ1) is 17.2. The van der Waals surface area contributed by atoms with Crippen LogP contribution in [0.4, 0.5) is 0 Å². The smallest absolute Gasteiger partial charge is 0.342 e. The molecular weight excluding hydrogens is 480 g/mol. The third kappa shape index (κ3) is 4.57.